The molecule has 1 unspecified atom stereocenters. The summed E-state index contributed by atoms with van der Waals surface area (Å²) >= 11 is 0. The Balaban J connectivity index is 2.09. The van der Waals surface area contributed by atoms with Gasteiger partial charge in [-0.3, -0.25) is 14.9 Å². The normalized spacial score (nSPS) is 15.8. The lowest BCUT2D eigenvalue weighted by atomic mass is 10.1. The third-order valence-corrected chi connectivity index (χ3v) is 3.62. The Labute approximate surface area is 117 Å². The van der Waals surface area contributed by atoms with Crippen molar-refractivity contribution in [1.29, 1.82) is 0 Å². The second kappa shape index (κ2) is 5.58. The number of likely N-dealkylation sites (N-methyl/N-ethyl adjacent to an activating group) is 1. The SMILES string of the molecule is Cc1cc([N+](=O)[O-])ccc1C(=O)N(C)CC(O)C1CC1. The fraction of sp³-hybridized carbons (Fsp3) is 0.500. The summed E-state index contributed by atoms with van der Waals surface area (Å²) in [4.78, 5) is 23.9. The van der Waals surface area contributed by atoms with Gasteiger partial charge >= 0.3 is 0 Å². The number of nitro groups is 1. The summed E-state index contributed by atoms with van der Waals surface area (Å²) in [7, 11) is 1.63. The molecule has 6 nitrogen and oxygen atoms in total. The number of nitro benzene ring substituents is 1. The number of aliphatic hydroxyl groups excluding tert-OH is 1. The van der Waals surface area contributed by atoms with Crippen LogP contribution in [-0.4, -0.2) is 40.5 Å². The molecule has 0 aromatic heterocycles. The second-order valence-corrected chi connectivity index (χ2v) is 5.35. The van der Waals surface area contributed by atoms with Gasteiger partial charge in [0.25, 0.3) is 11.6 Å². The zero-order valence-electron chi connectivity index (χ0n) is 11.6. The zero-order valence-corrected chi connectivity index (χ0v) is 11.6. The molecule has 0 spiro atoms. The van der Waals surface area contributed by atoms with Crippen LogP contribution >= 0.6 is 0 Å². The molecule has 0 bridgehead atoms. The van der Waals surface area contributed by atoms with E-state index in [-0.39, 0.29) is 11.6 Å². The minimum absolute atomic E-state index is 0.0280. The van der Waals surface area contributed by atoms with E-state index in [9.17, 15) is 20.0 Å². The van der Waals surface area contributed by atoms with Gasteiger partial charge in [0.05, 0.1) is 11.0 Å². The fourth-order valence-electron chi connectivity index (χ4n) is 2.20. The lowest BCUT2D eigenvalue weighted by Gasteiger charge is -2.21. The number of carbonyl (C=O) groups is 1. The first-order valence-corrected chi connectivity index (χ1v) is 6.58. The van der Waals surface area contributed by atoms with Crippen LogP contribution in [0.4, 0.5) is 5.69 Å². The predicted molar refractivity (Wildman–Crippen MR) is 73.5 cm³/mol. The van der Waals surface area contributed by atoms with Crippen LogP contribution in [0.2, 0.25) is 0 Å². The molecule has 1 atom stereocenters. The number of aryl methyl sites for hydroxylation is 1. The molecule has 0 saturated heterocycles. The number of nitrogens with zero attached hydrogens (tertiary/aromatic N) is 2. The van der Waals surface area contributed by atoms with Crippen LogP contribution < -0.4 is 0 Å². The van der Waals surface area contributed by atoms with E-state index >= 15 is 0 Å². The van der Waals surface area contributed by atoms with Crippen LogP contribution in [-0.2, 0) is 0 Å². The van der Waals surface area contributed by atoms with Crippen molar-refractivity contribution in [3.63, 3.8) is 0 Å². The van der Waals surface area contributed by atoms with Crippen molar-refractivity contribution >= 4 is 11.6 Å². The fourth-order valence-corrected chi connectivity index (χ4v) is 2.20. The van der Waals surface area contributed by atoms with Crippen molar-refractivity contribution in [3.05, 3.63) is 39.4 Å². The third-order valence-electron chi connectivity index (χ3n) is 3.62. The maximum absolute atomic E-state index is 12.3. The molecule has 1 aromatic rings. The molecule has 1 N–H and O–H groups in total. The molecule has 1 aliphatic carbocycles. The molecule has 1 aliphatic rings. The molecule has 6 heteroatoms. The summed E-state index contributed by atoms with van der Waals surface area (Å²) in [6, 6.07) is 4.18. The average molecular weight is 278 g/mol. The number of non-ortho nitro benzene ring substituents is 1. The van der Waals surface area contributed by atoms with Crippen LogP contribution in [0.3, 0.4) is 0 Å². The molecule has 0 heterocycles. The number of aliphatic hydroxyl groups is 1. The number of rotatable bonds is 5. The van der Waals surface area contributed by atoms with E-state index < -0.39 is 11.0 Å². The van der Waals surface area contributed by atoms with E-state index in [4.69, 9.17) is 0 Å². The van der Waals surface area contributed by atoms with Crippen LogP contribution in [0.1, 0.15) is 28.8 Å². The van der Waals surface area contributed by atoms with Gasteiger partial charge in [0.2, 0.25) is 0 Å². The summed E-state index contributed by atoms with van der Waals surface area (Å²) in [5.74, 6) is 0.0836. The van der Waals surface area contributed by atoms with Crippen molar-refractivity contribution in [2.24, 2.45) is 5.92 Å². The van der Waals surface area contributed by atoms with Crippen molar-refractivity contribution in [3.8, 4) is 0 Å². The maximum Gasteiger partial charge on any atom is 0.269 e. The molecule has 0 radical (unpaired) electrons. The van der Waals surface area contributed by atoms with Gasteiger partial charge in [-0.15, -0.1) is 0 Å². The van der Waals surface area contributed by atoms with Gasteiger partial charge in [-0.05, 0) is 37.3 Å². The molecular formula is C14H18N2O4. The summed E-state index contributed by atoms with van der Waals surface area (Å²) in [5, 5.41) is 20.5. The monoisotopic (exact) mass is 278 g/mol. The van der Waals surface area contributed by atoms with Crippen LogP contribution in [0.5, 0.6) is 0 Å². The average Bonchev–Trinajstić information content (AvgIpc) is 3.21. The first kappa shape index (κ1) is 14.5. The molecule has 1 aromatic carbocycles. The van der Waals surface area contributed by atoms with E-state index in [1.807, 2.05) is 0 Å². The van der Waals surface area contributed by atoms with E-state index in [2.05, 4.69) is 0 Å². The van der Waals surface area contributed by atoms with Crippen molar-refractivity contribution in [1.82, 2.24) is 4.90 Å². The van der Waals surface area contributed by atoms with Crippen molar-refractivity contribution in [2.45, 2.75) is 25.9 Å². The highest BCUT2D eigenvalue weighted by atomic mass is 16.6. The molecule has 2 rings (SSSR count). The second-order valence-electron chi connectivity index (χ2n) is 5.35. The van der Waals surface area contributed by atoms with Crippen molar-refractivity contribution in [2.75, 3.05) is 13.6 Å². The number of carbonyl (C=O) groups excluding carboxylic acids is 1. The number of amides is 1. The first-order valence-electron chi connectivity index (χ1n) is 6.58. The van der Waals surface area contributed by atoms with E-state index in [0.29, 0.717) is 23.6 Å². The molecule has 1 saturated carbocycles. The van der Waals surface area contributed by atoms with Gasteiger partial charge in [0.15, 0.2) is 0 Å². The zero-order chi connectivity index (χ0) is 14.9. The van der Waals surface area contributed by atoms with Crippen LogP contribution in [0, 0.1) is 23.0 Å². The number of benzene rings is 1. The lowest BCUT2D eigenvalue weighted by Crippen LogP contribution is -2.35. The van der Waals surface area contributed by atoms with Gasteiger partial charge in [0.1, 0.15) is 0 Å². The molecule has 1 fully saturated rings. The van der Waals surface area contributed by atoms with Gasteiger partial charge < -0.3 is 10.0 Å². The maximum atomic E-state index is 12.3. The van der Waals surface area contributed by atoms with Gasteiger partial charge in [-0.1, -0.05) is 0 Å². The Kier molecular flexibility index (Phi) is 4.04. The highest BCUT2D eigenvalue weighted by Gasteiger charge is 2.31. The summed E-state index contributed by atoms with van der Waals surface area (Å²) in [5.41, 5.74) is 0.970. The Morgan fingerprint density at radius 3 is 2.70 bits per heavy atom. The van der Waals surface area contributed by atoms with E-state index in [0.717, 1.165) is 12.8 Å². The first-order chi connectivity index (χ1) is 9.40. The van der Waals surface area contributed by atoms with E-state index in [1.165, 1.54) is 23.1 Å². The lowest BCUT2D eigenvalue weighted by molar-refractivity contribution is -0.384. The summed E-state index contributed by atoms with van der Waals surface area (Å²) < 4.78 is 0. The molecule has 108 valence electrons. The summed E-state index contributed by atoms with van der Waals surface area (Å²) in [6.07, 6.45) is 1.54. The van der Waals surface area contributed by atoms with Gasteiger partial charge in [-0.25, -0.2) is 0 Å². The molecular weight excluding hydrogens is 260 g/mol. The summed E-state index contributed by atoms with van der Waals surface area (Å²) in [6.45, 7) is 1.96. The number of hydrogen-bond donors (Lipinski definition) is 1. The minimum atomic E-state index is -0.484. The minimum Gasteiger partial charge on any atom is -0.391 e. The Morgan fingerprint density at radius 1 is 1.55 bits per heavy atom. The third kappa shape index (κ3) is 3.14. The van der Waals surface area contributed by atoms with Gasteiger partial charge in [0, 0.05) is 31.3 Å². The highest BCUT2D eigenvalue weighted by Crippen LogP contribution is 2.32. The standard InChI is InChI=1S/C14H18N2O4/c1-9-7-11(16(19)20)5-6-12(9)14(18)15(2)8-13(17)10-3-4-10/h5-7,10,13,17H,3-4,8H2,1-2H3. The van der Waals surface area contributed by atoms with Crippen LogP contribution in [0.15, 0.2) is 18.2 Å². The highest BCUT2D eigenvalue weighted by molar-refractivity contribution is 5.95. The van der Waals surface area contributed by atoms with E-state index in [1.54, 1.807) is 14.0 Å². The Hall–Kier alpha value is -1.95. The molecule has 20 heavy (non-hydrogen) atoms. The predicted octanol–water partition coefficient (Wildman–Crippen LogP) is 1.75. The quantitative estimate of drug-likeness (QED) is 0.657. The van der Waals surface area contributed by atoms with Gasteiger partial charge in [-0.2, -0.15) is 0 Å². The largest absolute Gasteiger partial charge is 0.391 e. The molecule has 1 amide bonds. The van der Waals surface area contributed by atoms with Crippen molar-refractivity contribution < 1.29 is 14.8 Å². The smallest absolute Gasteiger partial charge is 0.269 e. The topological polar surface area (TPSA) is 83.7 Å². The van der Waals surface area contributed by atoms with Crippen LogP contribution in [0.25, 0.3) is 0 Å². The Morgan fingerprint density at radius 2 is 2.20 bits per heavy atom. The Bertz CT molecular complexity index is 540. The molecule has 0 aliphatic heterocycles. The number of hydrogen-bond acceptors (Lipinski definition) is 4.